The number of carbonyl (C=O) groups is 1. The number of carbonyl (C=O) groups excluding carboxylic acids is 1. The van der Waals surface area contributed by atoms with Gasteiger partial charge in [-0.1, -0.05) is 46.3 Å². The molecule has 0 fully saturated rings. The lowest BCUT2D eigenvalue weighted by Gasteiger charge is -2.21. The number of hydrogen-bond acceptors (Lipinski definition) is 1. The van der Waals surface area contributed by atoms with Gasteiger partial charge < -0.3 is 4.90 Å². The summed E-state index contributed by atoms with van der Waals surface area (Å²) >= 11 is 6.87. The van der Waals surface area contributed by atoms with E-state index in [2.05, 4.69) is 44.0 Å². The van der Waals surface area contributed by atoms with Crippen LogP contribution in [0, 0.1) is 0 Å². The van der Waals surface area contributed by atoms with Crippen LogP contribution in [0.15, 0.2) is 57.5 Å². The summed E-state index contributed by atoms with van der Waals surface area (Å²) in [5.41, 5.74) is 1.95. The van der Waals surface area contributed by atoms with Crippen LogP contribution in [0.3, 0.4) is 0 Å². The summed E-state index contributed by atoms with van der Waals surface area (Å²) in [6, 6.07) is 15.9. The first kappa shape index (κ1) is 16.2. The van der Waals surface area contributed by atoms with Crippen LogP contribution in [0.5, 0.6) is 0 Å². The van der Waals surface area contributed by atoms with Gasteiger partial charge in [-0.15, -0.1) is 0 Å². The Kier molecular flexibility index (Phi) is 6.00. The lowest BCUT2D eigenvalue weighted by Crippen LogP contribution is -2.33. The smallest absolute Gasteiger partial charge is 0.254 e. The second-order valence-electron chi connectivity index (χ2n) is 4.74. The van der Waals surface area contributed by atoms with E-state index in [1.807, 2.05) is 48.2 Å². The molecule has 2 aromatic rings. The number of halogens is 2. The van der Waals surface area contributed by atoms with Crippen molar-refractivity contribution in [1.29, 1.82) is 0 Å². The van der Waals surface area contributed by atoms with Crippen LogP contribution >= 0.6 is 31.9 Å². The third-order valence-corrected chi connectivity index (χ3v) is 4.49. The monoisotopic (exact) mass is 409 g/mol. The van der Waals surface area contributed by atoms with Crippen LogP contribution < -0.4 is 0 Å². The minimum Gasteiger partial charge on any atom is -0.339 e. The maximum absolute atomic E-state index is 12.6. The fourth-order valence-corrected chi connectivity index (χ4v) is 3.36. The van der Waals surface area contributed by atoms with Gasteiger partial charge in [0.2, 0.25) is 0 Å². The number of hydrogen-bond donors (Lipinski definition) is 0. The first-order chi connectivity index (χ1) is 10.1. The Hall–Kier alpha value is -1.13. The van der Waals surface area contributed by atoms with E-state index in [1.54, 1.807) is 0 Å². The summed E-state index contributed by atoms with van der Waals surface area (Å²) in [7, 11) is 0. The Balaban J connectivity index is 2.08. The fourth-order valence-electron chi connectivity index (χ4n) is 2.15. The van der Waals surface area contributed by atoms with E-state index >= 15 is 0 Å². The van der Waals surface area contributed by atoms with Gasteiger partial charge in [-0.05, 0) is 53.0 Å². The molecule has 1 amide bonds. The van der Waals surface area contributed by atoms with Gasteiger partial charge >= 0.3 is 0 Å². The Morgan fingerprint density at radius 3 is 2.43 bits per heavy atom. The maximum Gasteiger partial charge on any atom is 0.254 e. The van der Waals surface area contributed by atoms with Crippen molar-refractivity contribution in [3.05, 3.63) is 68.6 Å². The summed E-state index contributed by atoms with van der Waals surface area (Å²) < 4.78 is 1.78. The summed E-state index contributed by atoms with van der Waals surface area (Å²) in [5, 5.41) is 0. The third-order valence-electron chi connectivity index (χ3n) is 3.34. The van der Waals surface area contributed by atoms with Gasteiger partial charge in [0.1, 0.15) is 0 Å². The molecule has 110 valence electrons. The zero-order valence-corrected chi connectivity index (χ0v) is 15.0. The molecule has 0 N–H and O–H groups in total. The summed E-state index contributed by atoms with van der Waals surface area (Å²) in [6.07, 6.45) is 0.870. The minimum absolute atomic E-state index is 0.0628. The van der Waals surface area contributed by atoms with Crippen LogP contribution in [-0.4, -0.2) is 23.9 Å². The van der Waals surface area contributed by atoms with E-state index in [-0.39, 0.29) is 5.91 Å². The minimum atomic E-state index is 0.0628. The van der Waals surface area contributed by atoms with Crippen molar-refractivity contribution in [2.45, 2.75) is 13.3 Å². The van der Waals surface area contributed by atoms with Gasteiger partial charge in [-0.2, -0.15) is 0 Å². The van der Waals surface area contributed by atoms with Crippen LogP contribution in [0.4, 0.5) is 0 Å². The van der Waals surface area contributed by atoms with E-state index in [0.717, 1.165) is 21.9 Å². The molecule has 0 radical (unpaired) electrons. The molecule has 2 nitrogen and oxygen atoms in total. The van der Waals surface area contributed by atoms with Crippen LogP contribution in [0.1, 0.15) is 22.8 Å². The summed E-state index contributed by atoms with van der Waals surface area (Å²) in [6.45, 7) is 3.44. The predicted molar refractivity (Wildman–Crippen MR) is 93.6 cm³/mol. The molecule has 0 atom stereocenters. The van der Waals surface area contributed by atoms with Crippen LogP contribution in [-0.2, 0) is 6.42 Å². The number of benzene rings is 2. The predicted octanol–water partition coefficient (Wildman–Crippen LogP) is 4.92. The van der Waals surface area contributed by atoms with Gasteiger partial charge in [0.25, 0.3) is 5.91 Å². The van der Waals surface area contributed by atoms with Crippen molar-refractivity contribution in [1.82, 2.24) is 4.90 Å². The van der Waals surface area contributed by atoms with Crippen molar-refractivity contribution >= 4 is 37.8 Å². The summed E-state index contributed by atoms with van der Waals surface area (Å²) in [4.78, 5) is 14.5. The van der Waals surface area contributed by atoms with E-state index in [9.17, 15) is 4.79 Å². The van der Waals surface area contributed by atoms with Crippen LogP contribution in [0.25, 0.3) is 0 Å². The quantitative estimate of drug-likeness (QED) is 0.685. The molecule has 2 rings (SSSR count). The molecule has 0 saturated heterocycles. The zero-order chi connectivity index (χ0) is 15.2. The largest absolute Gasteiger partial charge is 0.339 e. The Labute approximate surface area is 142 Å². The average molecular weight is 411 g/mol. The fraction of sp³-hybridized carbons (Fsp3) is 0.235. The van der Waals surface area contributed by atoms with Gasteiger partial charge in [-0.3, -0.25) is 4.79 Å². The molecule has 0 aliphatic heterocycles. The number of nitrogens with zero attached hydrogens (tertiary/aromatic N) is 1. The zero-order valence-electron chi connectivity index (χ0n) is 11.9. The van der Waals surface area contributed by atoms with E-state index in [0.29, 0.717) is 12.1 Å². The standard InChI is InChI=1S/C17H17Br2NO/c1-2-20(11-10-13-6-4-3-5-7-13)17(21)15-9-8-14(18)12-16(15)19/h3-9,12H,2,10-11H2,1H3. The van der Waals surface area contributed by atoms with Crippen molar-refractivity contribution in [2.75, 3.05) is 13.1 Å². The highest BCUT2D eigenvalue weighted by atomic mass is 79.9. The first-order valence-corrected chi connectivity index (χ1v) is 8.48. The molecule has 0 aliphatic rings. The SMILES string of the molecule is CCN(CCc1ccccc1)C(=O)c1ccc(Br)cc1Br. The topological polar surface area (TPSA) is 20.3 Å². The highest BCUT2D eigenvalue weighted by Crippen LogP contribution is 2.23. The van der Waals surface area contributed by atoms with Crippen molar-refractivity contribution in [3.63, 3.8) is 0 Å². The summed E-state index contributed by atoms with van der Waals surface area (Å²) in [5.74, 6) is 0.0628. The Morgan fingerprint density at radius 2 is 1.81 bits per heavy atom. The molecule has 21 heavy (non-hydrogen) atoms. The maximum atomic E-state index is 12.6. The lowest BCUT2D eigenvalue weighted by molar-refractivity contribution is 0.0765. The molecule has 4 heteroatoms. The van der Waals surface area contributed by atoms with E-state index in [1.165, 1.54) is 5.56 Å². The molecule has 0 bridgehead atoms. The molecule has 0 heterocycles. The molecule has 0 aromatic heterocycles. The highest BCUT2D eigenvalue weighted by molar-refractivity contribution is 9.11. The second kappa shape index (κ2) is 7.76. The van der Waals surface area contributed by atoms with Gasteiger partial charge in [0.05, 0.1) is 5.56 Å². The second-order valence-corrected chi connectivity index (χ2v) is 6.51. The Morgan fingerprint density at radius 1 is 1.10 bits per heavy atom. The number of rotatable bonds is 5. The van der Waals surface area contributed by atoms with E-state index in [4.69, 9.17) is 0 Å². The average Bonchev–Trinajstić information content (AvgIpc) is 2.48. The number of likely N-dealkylation sites (N-methyl/N-ethyl adjacent to an activating group) is 1. The van der Waals surface area contributed by atoms with Crippen LogP contribution in [0.2, 0.25) is 0 Å². The van der Waals surface area contributed by atoms with Gasteiger partial charge in [-0.25, -0.2) is 0 Å². The molecular weight excluding hydrogens is 394 g/mol. The molecular formula is C17H17Br2NO. The van der Waals surface area contributed by atoms with Crippen molar-refractivity contribution in [3.8, 4) is 0 Å². The molecule has 0 saturated carbocycles. The normalized spacial score (nSPS) is 10.4. The van der Waals surface area contributed by atoms with E-state index < -0.39 is 0 Å². The Bertz CT molecular complexity index is 613. The molecule has 0 spiro atoms. The number of amides is 1. The molecule has 0 unspecified atom stereocenters. The lowest BCUT2D eigenvalue weighted by atomic mass is 10.1. The van der Waals surface area contributed by atoms with Crippen molar-refractivity contribution in [2.24, 2.45) is 0 Å². The van der Waals surface area contributed by atoms with Crippen molar-refractivity contribution < 1.29 is 4.79 Å². The van der Waals surface area contributed by atoms with Gasteiger partial charge in [0, 0.05) is 22.0 Å². The highest BCUT2D eigenvalue weighted by Gasteiger charge is 2.16. The third kappa shape index (κ3) is 4.42. The first-order valence-electron chi connectivity index (χ1n) is 6.90. The van der Waals surface area contributed by atoms with Gasteiger partial charge in [0.15, 0.2) is 0 Å². The molecule has 0 aliphatic carbocycles. The molecule has 2 aromatic carbocycles.